The lowest BCUT2D eigenvalue weighted by molar-refractivity contribution is -0.384. The number of halogens is 3. The van der Waals surface area contributed by atoms with Crippen LogP contribution in [0.15, 0.2) is 42.5 Å². The Bertz CT molecular complexity index is 1020. The second-order valence-corrected chi connectivity index (χ2v) is 7.88. The molecule has 0 spiro atoms. The van der Waals surface area contributed by atoms with Gasteiger partial charge >= 0.3 is 12.1 Å². The van der Waals surface area contributed by atoms with E-state index in [1.54, 1.807) is 12.1 Å². The molecule has 1 fully saturated rings. The van der Waals surface area contributed by atoms with Gasteiger partial charge in [0.2, 0.25) is 0 Å². The van der Waals surface area contributed by atoms with Crippen molar-refractivity contribution in [2.24, 2.45) is 0 Å². The van der Waals surface area contributed by atoms with Gasteiger partial charge in [0.25, 0.3) is 5.69 Å². The highest BCUT2D eigenvalue weighted by molar-refractivity contribution is 5.98. The summed E-state index contributed by atoms with van der Waals surface area (Å²) in [5.74, 6) is -0.781. The molecule has 10 heteroatoms. The Kier molecular flexibility index (Phi) is 7.67. The van der Waals surface area contributed by atoms with Crippen LogP contribution in [0.25, 0.3) is 0 Å². The van der Waals surface area contributed by atoms with Crippen LogP contribution in [0.1, 0.15) is 59.5 Å². The van der Waals surface area contributed by atoms with Gasteiger partial charge in [-0.1, -0.05) is 43.5 Å². The average molecular weight is 464 g/mol. The van der Waals surface area contributed by atoms with Crippen LogP contribution in [0.4, 0.5) is 24.5 Å². The SMILES string of the molecule is O=C(CNc1ccc(C(F)(F)F)cc1[N+](=O)[O-])OCC(=O)c1ccc(C2CCCCC2)cc1. The van der Waals surface area contributed by atoms with Crippen molar-refractivity contribution in [1.82, 2.24) is 0 Å². The molecule has 2 aromatic carbocycles. The van der Waals surface area contributed by atoms with Crippen molar-refractivity contribution < 1.29 is 32.4 Å². The van der Waals surface area contributed by atoms with Crippen molar-refractivity contribution in [3.63, 3.8) is 0 Å². The molecule has 2 aromatic rings. The summed E-state index contributed by atoms with van der Waals surface area (Å²) in [6.45, 7) is -1.07. The van der Waals surface area contributed by atoms with E-state index in [-0.39, 0.29) is 5.69 Å². The number of anilines is 1. The maximum Gasteiger partial charge on any atom is 0.416 e. The van der Waals surface area contributed by atoms with Gasteiger partial charge < -0.3 is 10.1 Å². The molecule has 0 radical (unpaired) electrons. The van der Waals surface area contributed by atoms with Crippen molar-refractivity contribution in [1.29, 1.82) is 0 Å². The van der Waals surface area contributed by atoms with Crippen molar-refractivity contribution in [3.8, 4) is 0 Å². The maximum absolute atomic E-state index is 12.8. The van der Waals surface area contributed by atoms with Crippen LogP contribution in [0.5, 0.6) is 0 Å². The van der Waals surface area contributed by atoms with E-state index in [1.165, 1.54) is 24.8 Å². The van der Waals surface area contributed by atoms with Crippen LogP contribution in [0.2, 0.25) is 0 Å². The summed E-state index contributed by atoms with van der Waals surface area (Å²) in [7, 11) is 0. The van der Waals surface area contributed by atoms with Gasteiger partial charge in [0, 0.05) is 11.6 Å². The van der Waals surface area contributed by atoms with Gasteiger partial charge in [-0.25, -0.2) is 0 Å². The van der Waals surface area contributed by atoms with Crippen LogP contribution >= 0.6 is 0 Å². The number of ether oxygens (including phenoxy) is 1. The lowest BCUT2D eigenvalue weighted by atomic mass is 9.84. The number of carbonyl (C=O) groups is 2. The summed E-state index contributed by atoms with van der Waals surface area (Å²) in [6, 6.07) is 9.14. The van der Waals surface area contributed by atoms with Gasteiger partial charge in [-0.15, -0.1) is 0 Å². The minimum absolute atomic E-state index is 0.269. The van der Waals surface area contributed by atoms with Crippen molar-refractivity contribution in [2.75, 3.05) is 18.5 Å². The quantitative estimate of drug-likeness (QED) is 0.240. The van der Waals surface area contributed by atoms with Crippen LogP contribution in [-0.4, -0.2) is 29.8 Å². The number of alkyl halides is 3. The Morgan fingerprint density at radius 1 is 1.06 bits per heavy atom. The van der Waals surface area contributed by atoms with Crippen molar-refractivity contribution >= 4 is 23.1 Å². The number of ketones is 1. The summed E-state index contributed by atoms with van der Waals surface area (Å²) >= 11 is 0. The molecular weight excluding hydrogens is 441 g/mol. The summed E-state index contributed by atoms with van der Waals surface area (Å²) in [5.41, 5.74) is -0.692. The zero-order valence-corrected chi connectivity index (χ0v) is 17.7. The molecule has 1 aliphatic rings. The number of nitrogens with one attached hydrogen (secondary N) is 1. The molecule has 0 aromatic heterocycles. The number of esters is 1. The minimum atomic E-state index is -4.74. The van der Waals surface area contributed by atoms with Crippen LogP contribution < -0.4 is 5.32 Å². The van der Waals surface area contributed by atoms with Crippen molar-refractivity contribution in [2.45, 2.75) is 44.2 Å². The second kappa shape index (κ2) is 10.5. The summed E-state index contributed by atoms with van der Waals surface area (Å²) in [4.78, 5) is 34.3. The number of Topliss-reactive ketones (excluding diaryl/α,β-unsaturated/α-hetero) is 1. The fourth-order valence-electron chi connectivity index (χ4n) is 3.83. The van der Waals surface area contributed by atoms with E-state index in [2.05, 4.69) is 5.32 Å². The van der Waals surface area contributed by atoms with Gasteiger partial charge in [-0.3, -0.25) is 19.7 Å². The molecule has 0 bridgehead atoms. The van der Waals surface area contributed by atoms with Crippen LogP contribution in [0, 0.1) is 10.1 Å². The number of rotatable bonds is 8. The maximum atomic E-state index is 12.8. The van der Waals surface area contributed by atoms with Gasteiger partial charge in [0.15, 0.2) is 12.4 Å². The third-order valence-electron chi connectivity index (χ3n) is 5.62. The number of hydrogen-bond acceptors (Lipinski definition) is 6. The largest absolute Gasteiger partial charge is 0.456 e. The lowest BCUT2D eigenvalue weighted by Gasteiger charge is -2.22. The molecule has 3 rings (SSSR count). The summed E-state index contributed by atoms with van der Waals surface area (Å²) in [6.07, 6.45) is 1.18. The molecule has 0 atom stereocenters. The molecule has 1 saturated carbocycles. The van der Waals surface area contributed by atoms with Crippen molar-refractivity contribution in [3.05, 3.63) is 69.3 Å². The van der Waals surface area contributed by atoms with E-state index in [0.717, 1.165) is 18.9 Å². The first kappa shape index (κ1) is 24.2. The highest BCUT2D eigenvalue weighted by Crippen LogP contribution is 2.35. The Hall–Kier alpha value is -3.43. The smallest absolute Gasteiger partial charge is 0.416 e. The molecule has 0 saturated heterocycles. The zero-order chi connectivity index (χ0) is 24.0. The number of nitro groups is 1. The molecule has 0 aliphatic heterocycles. The Morgan fingerprint density at radius 3 is 2.33 bits per heavy atom. The highest BCUT2D eigenvalue weighted by atomic mass is 19.4. The molecule has 7 nitrogen and oxygen atoms in total. The van der Waals surface area contributed by atoms with Gasteiger partial charge in [0.1, 0.15) is 12.2 Å². The fourth-order valence-corrected chi connectivity index (χ4v) is 3.83. The average Bonchev–Trinajstić information content (AvgIpc) is 2.81. The number of hydrogen-bond donors (Lipinski definition) is 1. The second-order valence-electron chi connectivity index (χ2n) is 7.88. The summed E-state index contributed by atoms with van der Waals surface area (Å²) < 4.78 is 43.2. The van der Waals surface area contributed by atoms with E-state index < -0.39 is 47.3 Å². The first-order valence-corrected chi connectivity index (χ1v) is 10.5. The predicted molar refractivity (Wildman–Crippen MR) is 114 cm³/mol. The topological polar surface area (TPSA) is 98.5 Å². The third-order valence-corrected chi connectivity index (χ3v) is 5.62. The Morgan fingerprint density at radius 2 is 1.73 bits per heavy atom. The van der Waals surface area contributed by atoms with E-state index in [1.807, 2.05) is 12.1 Å². The predicted octanol–water partition coefficient (Wildman–Crippen LogP) is 5.50. The monoisotopic (exact) mass is 464 g/mol. The molecule has 0 amide bonds. The third kappa shape index (κ3) is 6.53. The van der Waals surface area contributed by atoms with Gasteiger partial charge in [0.05, 0.1) is 10.5 Å². The zero-order valence-electron chi connectivity index (χ0n) is 17.7. The molecule has 0 heterocycles. The number of nitrogens with zero attached hydrogens (tertiary/aromatic N) is 1. The lowest BCUT2D eigenvalue weighted by Crippen LogP contribution is -2.21. The van der Waals surface area contributed by atoms with E-state index in [9.17, 15) is 32.9 Å². The Labute approximate surface area is 188 Å². The molecule has 1 aliphatic carbocycles. The fraction of sp³-hybridized carbons (Fsp3) is 0.391. The van der Waals surface area contributed by atoms with Gasteiger partial charge in [-0.05, 0) is 36.5 Å². The Balaban J connectivity index is 1.52. The summed E-state index contributed by atoms with van der Waals surface area (Å²) in [5, 5.41) is 13.5. The molecule has 33 heavy (non-hydrogen) atoms. The molecule has 0 unspecified atom stereocenters. The number of benzene rings is 2. The molecule has 1 N–H and O–H groups in total. The first-order valence-electron chi connectivity index (χ1n) is 10.5. The van der Waals surface area contributed by atoms with Gasteiger partial charge in [-0.2, -0.15) is 13.2 Å². The minimum Gasteiger partial charge on any atom is -0.456 e. The van der Waals surface area contributed by atoms with Crippen LogP contribution in [-0.2, 0) is 15.7 Å². The number of nitro benzene ring substituents is 1. The molecule has 176 valence electrons. The normalized spacial score (nSPS) is 14.5. The van der Waals surface area contributed by atoms with E-state index in [0.29, 0.717) is 23.6 Å². The van der Waals surface area contributed by atoms with E-state index in [4.69, 9.17) is 4.74 Å². The molecular formula is C23H23F3N2O5. The van der Waals surface area contributed by atoms with Crippen LogP contribution in [0.3, 0.4) is 0 Å². The number of carbonyl (C=O) groups excluding carboxylic acids is 2. The first-order chi connectivity index (χ1) is 15.6. The highest BCUT2D eigenvalue weighted by Gasteiger charge is 2.33. The van der Waals surface area contributed by atoms with E-state index >= 15 is 0 Å². The standard InChI is InChI=1S/C23H23F3N2O5/c24-23(25,26)18-10-11-19(20(12-18)28(31)32)27-13-22(30)33-14-21(29)17-8-6-16(7-9-17)15-4-2-1-3-5-15/h6-12,15,27H,1-5,13-14H2.